The van der Waals surface area contributed by atoms with Crippen LogP contribution in [0.5, 0.6) is 0 Å². The zero-order valence-electron chi connectivity index (χ0n) is 10.1. The summed E-state index contributed by atoms with van der Waals surface area (Å²) < 4.78 is 13.3. The van der Waals surface area contributed by atoms with Crippen molar-refractivity contribution in [2.24, 2.45) is 0 Å². The smallest absolute Gasteiger partial charge is 0.211 e. The fourth-order valence-corrected chi connectivity index (χ4v) is 2.22. The molecular formula is C16H13FN+. The van der Waals surface area contributed by atoms with Gasteiger partial charge in [-0.1, -0.05) is 18.2 Å². The number of hydrogen-bond acceptors (Lipinski definition) is 0. The maximum Gasteiger partial charge on any atom is 0.211 e. The first kappa shape index (κ1) is 10.9. The van der Waals surface area contributed by atoms with E-state index >= 15 is 0 Å². The van der Waals surface area contributed by atoms with Crippen LogP contribution in [0.25, 0.3) is 22.0 Å². The number of aryl methyl sites for hydroxylation is 1. The molecule has 0 aliphatic rings. The van der Waals surface area contributed by atoms with Crippen molar-refractivity contribution in [2.45, 2.75) is 6.92 Å². The van der Waals surface area contributed by atoms with Gasteiger partial charge < -0.3 is 0 Å². The lowest BCUT2D eigenvalue weighted by Crippen LogP contribution is -2.02. The van der Waals surface area contributed by atoms with Crippen molar-refractivity contribution < 1.29 is 9.37 Å². The number of fused-ring (bicyclic) bond motifs is 1. The zero-order chi connectivity index (χ0) is 12.5. The van der Waals surface area contributed by atoms with Gasteiger partial charge in [-0.05, 0) is 36.2 Å². The van der Waals surface area contributed by atoms with E-state index in [1.54, 1.807) is 12.1 Å². The van der Waals surface area contributed by atoms with E-state index in [1.807, 2.05) is 18.3 Å². The largest absolute Gasteiger partial charge is 0.211 e. The molecule has 1 N–H and O–H groups in total. The third kappa shape index (κ3) is 1.86. The molecule has 3 aromatic rings. The molecular weight excluding hydrogens is 225 g/mol. The average molecular weight is 238 g/mol. The Hall–Kier alpha value is -2.22. The normalized spacial score (nSPS) is 10.8. The van der Waals surface area contributed by atoms with E-state index in [1.165, 1.54) is 11.6 Å². The van der Waals surface area contributed by atoms with Crippen molar-refractivity contribution in [1.29, 1.82) is 0 Å². The molecule has 0 unspecified atom stereocenters. The van der Waals surface area contributed by atoms with Gasteiger partial charge in [0, 0.05) is 17.7 Å². The van der Waals surface area contributed by atoms with Crippen LogP contribution < -0.4 is 4.98 Å². The zero-order valence-corrected chi connectivity index (χ0v) is 10.1. The molecule has 0 saturated heterocycles. The standard InChI is InChI=1S/C16H12FN/c1-11-5-6-15-14(7-8-18-16(15)9-11)12-3-2-4-13(17)10-12/h2-10H,1H3/p+1. The van der Waals surface area contributed by atoms with Gasteiger partial charge in [0.1, 0.15) is 5.82 Å². The summed E-state index contributed by atoms with van der Waals surface area (Å²) in [6, 6.07) is 14.9. The van der Waals surface area contributed by atoms with Crippen LogP contribution in [0.3, 0.4) is 0 Å². The van der Waals surface area contributed by atoms with Crippen LogP contribution in [0.15, 0.2) is 54.7 Å². The molecule has 0 aliphatic heterocycles. The Labute approximate surface area is 105 Å². The first-order valence-corrected chi connectivity index (χ1v) is 5.91. The third-order valence-electron chi connectivity index (χ3n) is 3.09. The molecule has 0 saturated carbocycles. The predicted octanol–water partition coefficient (Wildman–Crippen LogP) is 3.77. The van der Waals surface area contributed by atoms with Crippen LogP contribution in [0.1, 0.15) is 5.56 Å². The Morgan fingerprint density at radius 1 is 1.00 bits per heavy atom. The lowest BCUT2D eigenvalue weighted by Gasteiger charge is -2.04. The molecule has 1 heterocycles. The van der Waals surface area contributed by atoms with E-state index in [4.69, 9.17) is 0 Å². The summed E-state index contributed by atoms with van der Waals surface area (Å²) in [4.78, 5) is 3.22. The SMILES string of the molecule is Cc1ccc2c(-c3cccc(F)c3)cc[nH+]c2c1. The Balaban J connectivity index is 2.29. The number of nitrogens with one attached hydrogen (secondary N) is 1. The Morgan fingerprint density at radius 2 is 1.89 bits per heavy atom. The summed E-state index contributed by atoms with van der Waals surface area (Å²) in [6.45, 7) is 2.06. The molecule has 0 bridgehead atoms. The van der Waals surface area contributed by atoms with Gasteiger partial charge in [0.05, 0.1) is 5.39 Å². The number of hydrogen-bond donors (Lipinski definition) is 0. The number of aromatic amines is 1. The van der Waals surface area contributed by atoms with E-state index in [0.717, 1.165) is 22.0 Å². The van der Waals surface area contributed by atoms with E-state index < -0.39 is 0 Å². The molecule has 1 nitrogen and oxygen atoms in total. The van der Waals surface area contributed by atoms with Gasteiger partial charge in [0.15, 0.2) is 6.20 Å². The first-order valence-electron chi connectivity index (χ1n) is 5.91. The topological polar surface area (TPSA) is 14.1 Å². The molecule has 0 fully saturated rings. The van der Waals surface area contributed by atoms with Crippen molar-refractivity contribution in [3.05, 3.63) is 66.1 Å². The Bertz CT molecular complexity index is 719. The molecule has 88 valence electrons. The molecule has 0 spiro atoms. The van der Waals surface area contributed by atoms with E-state index in [0.29, 0.717) is 0 Å². The number of benzene rings is 2. The molecule has 2 aromatic carbocycles. The predicted molar refractivity (Wildman–Crippen MR) is 70.6 cm³/mol. The quantitative estimate of drug-likeness (QED) is 0.612. The first-order chi connectivity index (χ1) is 8.74. The number of rotatable bonds is 1. The summed E-state index contributed by atoms with van der Waals surface area (Å²) in [5, 5.41) is 1.11. The highest BCUT2D eigenvalue weighted by atomic mass is 19.1. The highest BCUT2D eigenvalue weighted by molar-refractivity contribution is 5.92. The number of halogens is 1. The second-order valence-corrected chi connectivity index (χ2v) is 4.45. The monoisotopic (exact) mass is 238 g/mol. The lowest BCUT2D eigenvalue weighted by atomic mass is 10.0. The Kier molecular flexibility index (Phi) is 2.56. The van der Waals surface area contributed by atoms with E-state index in [2.05, 4.69) is 30.1 Å². The van der Waals surface area contributed by atoms with Crippen molar-refractivity contribution in [3.8, 4) is 11.1 Å². The van der Waals surface area contributed by atoms with Crippen LogP contribution in [-0.2, 0) is 0 Å². The summed E-state index contributed by atoms with van der Waals surface area (Å²) >= 11 is 0. The molecule has 0 aliphatic carbocycles. The fraction of sp³-hybridized carbons (Fsp3) is 0.0625. The van der Waals surface area contributed by atoms with Gasteiger partial charge in [0.25, 0.3) is 0 Å². The Morgan fingerprint density at radius 3 is 2.72 bits per heavy atom. The molecule has 1 aromatic heterocycles. The average Bonchev–Trinajstić information content (AvgIpc) is 2.37. The van der Waals surface area contributed by atoms with Crippen molar-refractivity contribution >= 4 is 10.9 Å². The van der Waals surface area contributed by atoms with Crippen LogP contribution in [0.4, 0.5) is 4.39 Å². The van der Waals surface area contributed by atoms with Crippen molar-refractivity contribution in [3.63, 3.8) is 0 Å². The molecule has 18 heavy (non-hydrogen) atoms. The van der Waals surface area contributed by atoms with Gasteiger partial charge in [-0.25, -0.2) is 9.37 Å². The summed E-state index contributed by atoms with van der Waals surface area (Å²) in [7, 11) is 0. The minimum absolute atomic E-state index is 0.208. The minimum atomic E-state index is -0.208. The molecule has 0 radical (unpaired) electrons. The highest BCUT2D eigenvalue weighted by Gasteiger charge is 2.08. The van der Waals surface area contributed by atoms with Gasteiger partial charge >= 0.3 is 0 Å². The second-order valence-electron chi connectivity index (χ2n) is 4.45. The molecule has 0 amide bonds. The van der Waals surface area contributed by atoms with Gasteiger partial charge in [-0.3, -0.25) is 0 Å². The number of aromatic nitrogens is 1. The van der Waals surface area contributed by atoms with Crippen LogP contribution in [0.2, 0.25) is 0 Å². The molecule has 0 atom stereocenters. The summed E-state index contributed by atoms with van der Waals surface area (Å²) in [5.74, 6) is -0.208. The van der Waals surface area contributed by atoms with Crippen LogP contribution in [-0.4, -0.2) is 0 Å². The lowest BCUT2D eigenvalue weighted by molar-refractivity contribution is -0.344. The third-order valence-corrected chi connectivity index (χ3v) is 3.09. The van der Waals surface area contributed by atoms with Crippen molar-refractivity contribution in [1.82, 2.24) is 0 Å². The molecule has 2 heteroatoms. The fourth-order valence-electron chi connectivity index (χ4n) is 2.22. The van der Waals surface area contributed by atoms with Crippen LogP contribution in [0, 0.1) is 12.7 Å². The highest BCUT2D eigenvalue weighted by Crippen LogP contribution is 2.27. The minimum Gasteiger partial charge on any atom is -0.211 e. The number of H-pyrrole nitrogens is 1. The molecule has 3 rings (SSSR count). The maximum absolute atomic E-state index is 13.3. The summed E-state index contributed by atoms with van der Waals surface area (Å²) in [5.41, 5.74) is 4.22. The maximum atomic E-state index is 13.3. The van der Waals surface area contributed by atoms with Crippen molar-refractivity contribution in [2.75, 3.05) is 0 Å². The van der Waals surface area contributed by atoms with Gasteiger partial charge in [0.2, 0.25) is 5.52 Å². The van der Waals surface area contributed by atoms with E-state index in [9.17, 15) is 4.39 Å². The van der Waals surface area contributed by atoms with Crippen LogP contribution >= 0.6 is 0 Å². The summed E-state index contributed by atoms with van der Waals surface area (Å²) in [6.07, 6.45) is 1.89. The second kappa shape index (κ2) is 4.22. The van der Waals surface area contributed by atoms with Gasteiger partial charge in [-0.15, -0.1) is 0 Å². The number of pyridine rings is 1. The van der Waals surface area contributed by atoms with E-state index in [-0.39, 0.29) is 5.82 Å². The van der Waals surface area contributed by atoms with Gasteiger partial charge in [-0.2, -0.15) is 0 Å².